The molecule has 0 amide bonds. The number of aliphatic hydroxyl groups is 1. The average molecular weight is 279 g/mol. The lowest BCUT2D eigenvalue weighted by Gasteiger charge is -2.25. The predicted octanol–water partition coefficient (Wildman–Crippen LogP) is 2.30. The zero-order chi connectivity index (χ0) is 14.6. The highest BCUT2D eigenvalue weighted by molar-refractivity contribution is 5.45. The second kappa shape index (κ2) is 6.46. The number of nitrogens with one attached hydrogen (secondary N) is 1. The topological polar surface area (TPSA) is 50.7 Å². The monoisotopic (exact) mass is 279 g/mol. The number of ether oxygens (including phenoxy) is 2. The van der Waals surface area contributed by atoms with Crippen LogP contribution in [0.1, 0.15) is 32.8 Å². The van der Waals surface area contributed by atoms with Crippen molar-refractivity contribution in [2.24, 2.45) is 5.92 Å². The SMILES string of the molecule is CC(C)CNCC(C)(O)c1ccc2c(c1)OCCCO2. The third-order valence-corrected chi connectivity index (χ3v) is 3.39. The van der Waals surface area contributed by atoms with Gasteiger partial charge < -0.3 is 19.9 Å². The number of benzene rings is 1. The van der Waals surface area contributed by atoms with Crippen LogP contribution < -0.4 is 14.8 Å². The molecule has 20 heavy (non-hydrogen) atoms. The fourth-order valence-electron chi connectivity index (χ4n) is 2.20. The molecule has 0 aromatic heterocycles. The summed E-state index contributed by atoms with van der Waals surface area (Å²) in [4.78, 5) is 0. The number of hydrogen-bond donors (Lipinski definition) is 2. The Morgan fingerprint density at radius 1 is 1.25 bits per heavy atom. The summed E-state index contributed by atoms with van der Waals surface area (Å²) in [5.41, 5.74) is -0.0717. The minimum atomic E-state index is -0.917. The van der Waals surface area contributed by atoms with Gasteiger partial charge in [-0.15, -0.1) is 0 Å². The van der Waals surface area contributed by atoms with Crippen molar-refractivity contribution in [3.05, 3.63) is 23.8 Å². The van der Waals surface area contributed by atoms with Crippen LogP contribution >= 0.6 is 0 Å². The van der Waals surface area contributed by atoms with Crippen molar-refractivity contribution in [3.8, 4) is 11.5 Å². The van der Waals surface area contributed by atoms with E-state index in [0.29, 0.717) is 25.7 Å². The molecule has 0 bridgehead atoms. The molecule has 2 N–H and O–H groups in total. The molecule has 1 aliphatic rings. The van der Waals surface area contributed by atoms with Crippen LogP contribution in [0.5, 0.6) is 11.5 Å². The van der Waals surface area contributed by atoms with Gasteiger partial charge in [0.15, 0.2) is 11.5 Å². The summed E-state index contributed by atoms with van der Waals surface area (Å²) in [5.74, 6) is 2.05. The van der Waals surface area contributed by atoms with Crippen LogP contribution in [0.15, 0.2) is 18.2 Å². The van der Waals surface area contributed by atoms with Crippen molar-refractivity contribution < 1.29 is 14.6 Å². The highest BCUT2D eigenvalue weighted by Crippen LogP contribution is 2.33. The molecule has 0 saturated heterocycles. The summed E-state index contributed by atoms with van der Waals surface area (Å²) in [5, 5.41) is 13.9. The minimum Gasteiger partial charge on any atom is -0.490 e. The molecule has 1 heterocycles. The molecule has 0 radical (unpaired) electrons. The van der Waals surface area contributed by atoms with Gasteiger partial charge in [0.2, 0.25) is 0 Å². The van der Waals surface area contributed by atoms with Gasteiger partial charge in [0.1, 0.15) is 0 Å². The van der Waals surface area contributed by atoms with E-state index in [0.717, 1.165) is 30.0 Å². The van der Waals surface area contributed by atoms with Crippen LogP contribution in [0.2, 0.25) is 0 Å². The molecule has 0 spiro atoms. The normalized spacial score (nSPS) is 17.6. The Bertz CT molecular complexity index is 443. The molecule has 1 aliphatic heterocycles. The van der Waals surface area contributed by atoms with Crippen LogP contribution in [0.4, 0.5) is 0 Å². The van der Waals surface area contributed by atoms with E-state index in [-0.39, 0.29) is 0 Å². The molecule has 2 rings (SSSR count). The second-order valence-corrected chi connectivity index (χ2v) is 6.01. The Labute approximate surface area is 121 Å². The second-order valence-electron chi connectivity index (χ2n) is 6.01. The lowest BCUT2D eigenvalue weighted by atomic mass is 9.95. The third-order valence-electron chi connectivity index (χ3n) is 3.39. The summed E-state index contributed by atoms with van der Waals surface area (Å²) >= 11 is 0. The zero-order valence-electron chi connectivity index (χ0n) is 12.6. The van der Waals surface area contributed by atoms with Gasteiger partial charge in [-0.3, -0.25) is 0 Å². The maximum absolute atomic E-state index is 10.6. The summed E-state index contributed by atoms with van der Waals surface area (Å²) < 4.78 is 11.3. The highest BCUT2D eigenvalue weighted by atomic mass is 16.5. The van der Waals surface area contributed by atoms with E-state index in [1.807, 2.05) is 25.1 Å². The van der Waals surface area contributed by atoms with Crippen LogP contribution in [-0.4, -0.2) is 31.4 Å². The molecule has 0 aliphatic carbocycles. The van der Waals surface area contributed by atoms with Crippen molar-refractivity contribution in [1.82, 2.24) is 5.32 Å². The Kier molecular flexibility index (Phi) is 4.89. The molecular formula is C16H25NO3. The first-order chi connectivity index (χ1) is 9.49. The van der Waals surface area contributed by atoms with Gasteiger partial charge in [0, 0.05) is 13.0 Å². The van der Waals surface area contributed by atoms with Gasteiger partial charge in [-0.25, -0.2) is 0 Å². The Hall–Kier alpha value is -1.26. The highest BCUT2D eigenvalue weighted by Gasteiger charge is 2.24. The first-order valence-corrected chi connectivity index (χ1v) is 7.32. The standard InChI is InChI=1S/C16H25NO3/c1-12(2)10-17-11-16(3,18)13-5-6-14-15(9-13)20-8-4-7-19-14/h5-6,9,12,17-18H,4,7-8,10-11H2,1-3H3. The van der Waals surface area contributed by atoms with Crippen molar-refractivity contribution in [2.75, 3.05) is 26.3 Å². The van der Waals surface area contributed by atoms with Gasteiger partial charge in [-0.05, 0) is 37.1 Å². The largest absolute Gasteiger partial charge is 0.490 e. The van der Waals surface area contributed by atoms with E-state index in [1.54, 1.807) is 0 Å². The van der Waals surface area contributed by atoms with E-state index < -0.39 is 5.60 Å². The molecule has 1 atom stereocenters. The van der Waals surface area contributed by atoms with Crippen molar-refractivity contribution in [1.29, 1.82) is 0 Å². The molecule has 1 aromatic rings. The molecule has 0 fully saturated rings. The molecule has 0 saturated carbocycles. The molecule has 4 nitrogen and oxygen atoms in total. The van der Waals surface area contributed by atoms with Crippen LogP contribution in [0.25, 0.3) is 0 Å². The predicted molar refractivity (Wildman–Crippen MR) is 79.3 cm³/mol. The quantitative estimate of drug-likeness (QED) is 0.868. The number of hydrogen-bond acceptors (Lipinski definition) is 4. The lowest BCUT2D eigenvalue weighted by Crippen LogP contribution is -2.37. The number of fused-ring (bicyclic) bond motifs is 1. The van der Waals surface area contributed by atoms with Crippen molar-refractivity contribution in [3.63, 3.8) is 0 Å². The minimum absolute atomic E-state index is 0.519. The van der Waals surface area contributed by atoms with Gasteiger partial charge in [0.05, 0.1) is 18.8 Å². The summed E-state index contributed by atoms with van der Waals surface area (Å²) in [6.45, 7) is 8.86. The van der Waals surface area contributed by atoms with Crippen LogP contribution in [0, 0.1) is 5.92 Å². The first-order valence-electron chi connectivity index (χ1n) is 7.32. The average Bonchev–Trinajstić information content (AvgIpc) is 2.62. The maximum atomic E-state index is 10.6. The fourth-order valence-corrected chi connectivity index (χ4v) is 2.20. The van der Waals surface area contributed by atoms with E-state index in [9.17, 15) is 5.11 Å². The Morgan fingerprint density at radius 3 is 2.65 bits per heavy atom. The smallest absolute Gasteiger partial charge is 0.161 e. The fraction of sp³-hybridized carbons (Fsp3) is 0.625. The third kappa shape index (κ3) is 3.87. The van der Waals surface area contributed by atoms with Crippen molar-refractivity contribution in [2.45, 2.75) is 32.8 Å². The Balaban J connectivity index is 2.09. The van der Waals surface area contributed by atoms with Crippen molar-refractivity contribution >= 4 is 0 Å². The zero-order valence-corrected chi connectivity index (χ0v) is 12.6. The van der Waals surface area contributed by atoms with Gasteiger partial charge in [0.25, 0.3) is 0 Å². The molecule has 112 valence electrons. The summed E-state index contributed by atoms with van der Waals surface area (Å²) in [7, 11) is 0. The molecule has 1 aromatic carbocycles. The maximum Gasteiger partial charge on any atom is 0.161 e. The van der Waals surface area contributed by atoms with E-state index in [2.05, 4.69) is 19.2 Å². The first kappa shape index (κ1) is 15.1. The van der Waals surface area contributed by atoms with E-state index >= 15 is 0 Å². The van der Waals surface area contributed by atoms with E-state index in [1.165, 1.54) is 0 Å². The van der Waals surface area contributed by atoms with Gasteiger partial charge in [-0.2, -0.15) is 0 Å². The molecule has 4 heteroatoms. The van der Waals surface area contributed by atoms with Crippen LogP contribution in [0.3, 0.4) is 0 Å². The van der Waals surface area contributed by atoms with Gasteiger partial charge in [-0.1, -0.05) is 19.9 Å². The Morgan fingerprint density at radius 2 is 1.95 bits per heavy atom. The summed E-state index contributed by atoms with van der Waals surface area (Å²) in [6.07, 6.45) is 0.885. The van der Waals surface area contributed by atoms with E-state index in [4.69, 9.17) is 9.47 Å². The van der Waals surface area contributed by atoms with Gasteiger partial charge >= 0.3 is 0 Å². The summed E-state index contributed by atoms with van der Waals surface area (Å²) in [6, 6.07) is 5.68. The molecular weight excluding hydrogens is 254 g/mol. The van der Waals surface area contributed by atoms with Crippen LogP contribution in [-0.2, 0) is 5.60 Å². The number of rotatable bonds is 5. The molecule has 1 unspecified atom stereocenters. The lowest BCUT2D eigenvalue weighted by molar-refractivity contribution is 0.0561.